The molecule has 0 unspecified atom stereocenters. The van der Waals surface area contributed by atoms with E-state index >= 15 is 0 Å². The van der Waals surface area contributed by atoms with Gasteiger partial charge in [-0.25, -0.2) is 4.39 Å². The van der Waals surface area contributed by atoms with Crippen molar-refractivity contribution in [1.82, 2.24) is 0 Å². The maximum absolute atomic E-state index is 13.3. The summed E-state index contributed by atoms with van der Waals surface area (Å²) >= 11 is 0. The largest absolute Gasteiger partial charge is 0.496 e. The molecule has 128 valence electrons. The van der Waals surface area contributed by atoms with Crippen molar-refractivity contribution in [3.8, 4) is 11.5 Å². The number of carbonyl (C=O) groups is 1. The van der Waals surface area contributed by atoms with Crippen LogP contribution < -0.4 is 14.8 Å². The van der Waals surface area contributed by atoms with Crippen molar-refractivity contribution in [2.45, 2.75) is 6.18 Å². The van der Waals surface area contributed by atoms with Gasteiger partial charge in [0, 0.05) is 0 Å². The molecule has 2 rings (SSSR count). The van der Waals surface area contributed by atoms with E-state index in [-0.39, 0.29) is 22.7 Å². The molecule has 0 atom stereocenters. The minimum absolute atomic E-state index is 0.0260. The van der Waals surface area contributed by atoms with Crippen LogP contribution >= 0.6 is 0 Å². The van der Waals surface area contributed by atoms with Crippen LogP contribution in [-0.2, 0) is 0 Å². The molecule has 4 nitrogen and oxygen atoms in total. The molecule has 0 aromatic heterocycles. The Morgan fingerprint density at radius 2 is 1.83 bits per heavy atom. The van der Waals surface area contributed by atoms with Gasteiger partial charge in [0.2, 0.25) is 0 Å². The molecule has 8 heteroatoms. The number of hydrogen-bond donors (Lipinski definition) is 1. The Bertz CT molecular complexity index is 732. The van der Waals surface area contributed by atoms with Gasteiger partial charge in [-0.2, -0.15) is 13.2 Å². The maximum atomic E-state index is 13.3. The van der Waals surface area contributed by atoms with Crippen molar-refractivity contribution in [3.05, 3.63) is 53.8 Å². The van der Waals surface area contributed by atoms with Crippen LogP contribution in [0.15, 0.2) is 42.5 Å². The average Bonchev–Trinajstić information content (AvgIpc) is 2.53. The Kier molecular flexibility index (Phi) is 5.28. The second kappa shape index (κ2) is 7.20. The van der Waals surface area contributed by atoms with Crippen molar-refractivity contribution < 1.29 is 31.8 Å². The summed E-state index contributed by atoms with van der Waals surface area (Å²) in [5.74, 6) is -1.42. The molecule has 0 saturated heterocycles. The molecule has 0 radical (unpaired) electrons. The van der Waals surface area contributed by atoms with Crippen molar-refractivity contribution in [1.29, 1.82) is 0 Å². The quantitative estimate of drug-likeness (QED) is 0.834. The van der Waals surface area contributed by atoms with Crippen LogP contribution in [0.4, 0.5) is 23.2 Å². The van der Waals surface area contributed by atoms with E-state index < -0.39 is 24.5 Å². The minimum Gasteiger partial charge on any atom is -0.496 e. The number of methoxy groups -OCH3 is 1. The Hall–Kier alpha value is -2.77. The molecule has 0 aliphatic rings. The predicted octanol–water partition coefficient (Wildman–Crippen LogP) is 4.03. The van der Waals surface area contributed by atoms with Gasteiger partial charge >= 0.3 is 6.18 Å². The zero-order valence-corrected chi connectivity index (χ0v) is 12.5. The van der Waals surface area contributed by atoms with Gasteiger partial charge in [0.05, 0.1) is 18.4 Å². The molecule has 0 bridgehead atoms. The molecule has 0 saturated carbocycles. The summed E-state index contributed by atoms with van der Waals surface area (Å²) in [5, 5.41) is 2.39. The lowest BCUT2D eigenvalue weighted by Crippen LogP contribution is -2.20. The van der Waals surface area contributed by atoms with E-state index in [0.717, 1.165) is 12.1 Å². The number of rotatable bonds is 5. The first-order chi connectivity index (χ1) is 11.3. The van der Waals surface area contributed by atoms with E-state index in [2.05, 4.69) is 10.1 Å². The highest BCUT2D eigenvalue weighted by atomic mass is 19.4. The van der Waals surface area contributed by atoms with Gasteiger partial charge < -0.3 is 14.8 Å². The van der Waals surface area contributed by atoms with E-state index in [4.69, 9.17) is 4.74 Å². The minimum atomic E-state index is -4.51. The standard InChI is InChI=1S/C16H13F4NO3/c1-23-13-7-6-10(17)8-11(13)15(22)21-12-4-2-3-5-14(12)24-9-16(18,19)20/h2-8H,9H2,1H3,(H,21,22). The molecule has 2 aromatic carbocycles. The van der Waals surface area contributed by atoms with E-state index in [1.54, 1.807) is 0 Å². The molecule has 0 fully saturated rings. The van der Waals surface area contributed by atoms with E-state index in [9.17, 15) is 22.4 Å². The molecular weight excluding hydrogens is 330 g/mol. The van der Waals surface area contributed by atoms with Crippen LogP contribution in [0.25, 0.3) is 0 Å². The van der Waals surface area contributed by atoms with Crippen molar-refractivity contribution >= 4 is 11.6 Å². The molecule has 24 heavy (non-hydrogen) atoms. The fraction of sp³-hybridized carbons (Fsp3) is 0.188. The highest BCUT2D eigenvalue weighted by Crippen LogP contribution is 2.28. The van der Waals surface area contributed by atoms with Gasteiger partial charge in [-0.05, 0) is 30.3 Å². The molecule has 2 aromatic rings. The van der Waals surface area contributed by atoms with Gasteiger partial charge in [0.25, 0.3) is 5.91 Å². The zero-order valence-electron chi connectivity index (χ0n) is 12.5. The molecule has 1 N–H and O–H groups in total. The lowest BCUT2D eigenvalue weighted by molar-refractivity contribution is -0.153. The lowest BCUT2D eigenvalue weighted by Gasteiger charge is -2.14. The summed E-state index contributed by atoms with van der Waals surface area (Å²) in [6.07, 6.45) is -4.51. The SMILES string of the molecule is COc1ccc(F)cc1C(=O)Nc1ccccc1OCC(F)(F)F. The normalized spacial score (nSPS) is 11.0. The third-order valence-corrected chi connectivity index (χ3v) is 2.93. The summed E-state index contributed by atoms with van der Waals surface area (Å²) < 4.78 is 59.8. The van der Waals surface area contributed by atoms with Crippen LogP contribution in [-0.4, -0.2) is 25.8 Å². The summed E-state index contributed by atoms with van der Waals surface area (Å²) in [6, 6.07) is 8.99. The third-order valence-electron chi connectivity index (χ3n) is 2.93. The van der Waals surface area contributed by atoms with Crippen molar-refractivity contribution in [3.63, 3.8) is 0 Å². The van der Waals surface area contributed by atoms with Crippen LogP contribution in [0.1, 0.15) is 10.4 Å². The second-order valence-corrected chi connectivity index (χ2v) is 4.70. The summed E-state index contributed by atoms with van der Waals surface area (Å²) in [5.41, 5.74) is -0.0683. The fourth-order valence-electron chi connectivity index (χ4n) is 1.90. The second-order valence-electron chi connectivity index (χ2n) is 4.70. The Balaban J connectivity index is 2.22. The summed E-state index contributed by atoms with van der Waals surface area (Å²) in [4.78, 5) is 12.3. The number of benzene rings is 2. The lowest BCUT2D eigenvalue weighted by atomic mass is 10.1. The van der Waals surface area contributed by atoms with E-state index in [0.29, 0.717) is 0 Å². The Morgan fingerprint density at radius 1 is 1.12 bits per heavy atom. The molecule has 0 aliphatic carbocycles. The van der Waals surface area contributed by atoms with Gasteiger partial charge in [-0.1, -0.05) is 12.1 Å². The Labute approximate surface area is 135 Å². The number of carbonyl (C=O) groups excluding carboxylic acids is 1. The number of nitrogens with one attached hydrogen (secondary N) is 1. The number of para-hydroxylation sites is 2. The van der Waals surface area contributed by atoms with Crippen LogP contribution in [0.3, 0.4) is 0 Å². The Morgan fingerprint density at radius 3 is 2.50 bits per heavy atom. The third kappa shape index (κ3) is 4.61. The first kappa shape index (κ1) is 17.6. The van der Waals surface area contributed by atoms with Crippen molar-refractivity contribution in [2.24, 2.45) is 0 Å². The number of amides is 1. The smallest absolute Gasteiger partial charge is 0.422 e. The number of anilines is 1. The number of alkyl halides is 3. The summed E-state index contributed by atoms with van der Waals surface area (Å²) in [7, 11) is 1.31. The van der Waals surface area contributed by atoms with Crippen LogP contribution in [0.5, 0.6) is 11.5 Å². The van der Waals surface area contributed by atoms with Gasteiger partial charge in [-0.15, -0.1) is 0 Å². The monoisotopic (exact) mass is 343 g/mol. The van der Waals surface area contributed by atoms with E-state index in [1.165, 1.54) is 37.4 Å². The van der Waals surface area contributed by atoms with Crippen LogP contribution in [0.2, 0.25) is 0 Å². The number of ether oxygens (including phenoxy) is 2. The molecule has 1 amide bonds. The first-order valence-corrected chi connectivity index (χ1v) is 6.73. The van der Waals surface area contributed by atoms with Crippen LogP contribution in [0, 0.1) is 5.82 Å². The zero-order chi connectivity index (χ0) is 17.7. The molecule has 0 aliphatic heterocycles. The molecular formula is C16H13F4NO3. The average molecular weight is 343 g/mol. The topological polar surface area (TPSA) is 47.6 Å². The number of halogens is 4. The van der Waals surface area contributed by atoms with E-state index in [1.807, 2.05) is 0 Å². The van der Waals surface area contributed by atoms with Gasteiger partial charge in [-0.3, -0.25) is 4.79 Å². The van der Waals surface area contributed by atoms with Crippen molar-refractivity contribution in [2.75, 3.05) is 19.0 Å². The highest BCUT2D eigenvalue weighted by Gasteiger charge is 2.29. The summed E-state index contributed by atoms with van der Waals surface area (Å²) in [6.45, 7) is -1.50. The predicted molar refractivity (Wildman–Crippen MR) is 78.9 cm³/mol. The van der Waals surface area contributed by atoms with Gasteiger partial charge in [0.1, 0.15) is 17.3 Å². The molecule has 0 spiro atoms. The number of hydrogen-bond acceptors (Lipinski definition) is 3. The first-order valence-electron chi connectivity index (χ1n) is 6.73. The highest BCUT2D eigenvalue weighted by molar-refractivity contribution is 6.06. The van der Waals surface area contributed by atoms with Gasteiger partial charge in [0.15, 0.2) is 6.61 Å². The fourth-order valence-corrected chi connectivity index (χ4v) is 1.90. The maximum Gasteiger partial charge on any atom is 0.422 e. The molecule has 0 heterocycles.